The summed E-state index contributed by atoms with van der Waals surface area (Å²) in [5, 5.41) is 9.95. The topological polar surface area (TPSA) is 65.9 Å². The predicted octanol–water partition coefficient (Wildman–Crippen LogP) is 2.64. The van der Waals surface area contributed by atoms with Gasteiger partial charge < -0.3 is 9.72 Å². The zero-order valence-electron chi connectivity index (χ0n) is 9.93. The molecule has 0 unspecified atom stereocenters. The van der Waals surface area contributed by atoms with Gasteiger partial charge in [-0.3, -0.25) is 0 Å². The van der Waals surface area contributed by atoms with Gasteiger partial charge in [0, 0.05) is 17.1 Å². The van der Waals surface area contributed by atoms with Crippen molar-refractivity contribution < 1.29 is 9.53 Å². The highest BCUT2D eigenvalue weighted by molar-refractivity contribution is 6.00. The quantitative estimate of drug-likeness (QED) is 0.509. The second-order valence-corrected chi connectivity index (χ2v) is 3.68. The summed E-state index contributed by atoms with van der Waals surface area (Å²) in [6.45, 7) is 1.96. The van der Waals surface area contributed by atoms with Crippen molar-refractivity contribution in [3.8, 4) is 6.07 Å². The van der Waals surface area contributed by atoms with Gasteiger partial charge in [0.2, 0.25) is 0 Å². The molecule has 1 N–H and O–H groups in total. The number of carbonyl (C=O) groups is 1. The number of nitriles is 1. The van der Waals surface area contributed by atoms with Crippen LogP contribution in [-0.4, -0.2) is 17.6 Å². The minimum absolute atomic E-state index is 0.00514. The van der Waals surface area contributed by atoms with Crippen molar-refractivity contribution in [2.75, 3.05) is 6.61 Å². The van der Waals surface area contributed by atoms with E-state index in [0.717, 1.165) is 16.5 Å². The zero-order valence-corrected chi connectivity index (χ0v) is 9.93. The summed E-state index contributed by atoms with van der Waals surface area (Å²) < 4.78 is 4.82. The Balaban J connectivity index is 2.45. The lowest BCUT2D eigenvalue weighted by atomic mass is 10.1. The van der Waals surface area contributed by atoms with E-state index < -0.39 is 5.97 Å². The molecule has 0 amide bonds. The molecule has 0 saturated heterocycles. The summed E-state index contributed by atoms with van der Waals surface area (Å²) in [5.74, 6) is -0.590. The highest BCUT2D eigenvalue weighted by atomic mass is 16.5. The molecule has 1 aromatic heterocycles. The monoisotopic (exact) mass is 240 g/mol. The third kappa shape index (κ3) is 2.25. The number of carbonyl (C=O) groups excluding carboxylic acids is 1. The second-order valence-electron chi connectivity index (χ2n) is 3.68. The van der Waals surface area contributed by atoms with Gasteiger partial charge in [0.1, 0.15) is 11.6 Å². The van der Waals surface area contributed by atoms with E-state index in [4.69, 9.17) is 10.00 Å². The lowest BCUT2D eigenvalue weighted by molar-refractivity contribution is -0.137. The number of nitrogens with one attached hydrogen (secondary N) is 1. The van der Waals surface area contributed by atoms with Gasteiger partial charge in [0.25, 0.3) is 0 Å². The van der Waals surface area contributed by atoms with Crippen molar-refractivity contribution in [1.82, 2.24) is 4.98 Å². The molecular weight excluding hydrogens is 228 g/mol. The van der Waals surface area contributed by atoms with E-state index in [0.29, 0.717) is 0 Å². The fourth-order valence-electron chi connectivity index (χ4n) is 1.74. The Kier molecular flexibility index (Phi) is 3.44. The number of H-pyrrole nitrogens is 1. The first-order valence-corrected chi connectivity index (χ1v) is 5.61. The van der Waals surface area contributed by atoms with E-state index in [1.54, 1.807) is 13.0 Å². The highest BCUT2D eigenvalue weighted by Gasteiger charge is 2.10. The van der Waals surface area contributed by atoms with Crippen LogP contribution in [0.2, 0.25) is 0 Å². The Bertz CT molecular complexity index is 647. The van der Waals surface area contributed by atoms with Crippen molar-refractivity contribution in [3.63, 3.8) is 0 Å². The van der Waals surface area contributed by atoms with Gasteiger partial charge >= 0.3 is 5.97 Å². The highest BCUT2D eigenvalue weighted by Crippen LogP contribution is 2.20. The van der Waals surface area contributed by atoms with Crippen molar-refractivity contribution in [3.05, 3.63) is 41.6 Å². The number of aromatic nitrogens is 1. The normalized spacial score (nSPS) is 11.2. The first kappa shape index (κ1) is 11.9. The van der Waals surface area contributed by atoms with Crippen LogP contribution >= 0.6 is 0 Å². The van der Waals surface area contributed by atoms with Crippen molar-refractivity contribution in [2.24, 2.45) is 0 Å². The average Bonchev–Trinajstić information content (AvgIpc) is 2.85. The summed E-state index contributed by atoms with van der Waals surface area (Å²) in [6, 6.07) is 9.43. The molecule has 4 nitrogen and oxygen atoms in total. The maximum absolute atomic E-state index is 11.5. The molecular formula is C14H12N2O2. The lowest BCUT2D eigenvalue weighted by Crippen LogP contribution is -2.05. The fourth-order valence-corrected chi connectivity index (χ4v) is 1.74. The number of rotatable bonds is 3. The molecule has 0 fully saturated rings. The number of hydrogen-bond acceptors (Lipinski definition) is 3. The molecule has 1 aromatic carbocycles. The standard InChI is InChI=1S/C14H12N2O2/c1-2-18-14(17)11(9-15)8-10-4-3-5-13-12(10)6-7-16-13/h3-8,16H,2H2,1H3/b11-8-. The smallest absolute Gasteiger partial charge is 0.348 e. The number of aromatic amines is 1. The molecule has 1 heterocycles. The molecule has 18 heavy (non-hydrogen) atoms. The van der Waals surface area contributed by atoms with Gasteiger partial charge in [0.05, 0.1) is 6.61 Å². The van der Waals surface area contributed by atoms with Crippen LogP contribution in [0.5, 0.6) is 0 Å². The largest absolute Gasteiger partial charge is 0.462 e. The molecule has 0 bridgehead atoms. The number of esters is 1. The van der Waals surface area contributed by atoms with Gasteiger partial charge in [-0.25, -0.2) is 4.79 Å². The number of hydrogen-bond donors (Lipinski definition) is 1. The Labute approximate surface area is 104 Å². The molecule has 0 saturated carbocycles. The molecule has 0 aliphatic rings. The summed E-state index contributed by atoms with van der Waals surface area (Å²) in [4.78, 5) is 14.6. The van der Waals surface area contributed by atoms with E-state index in [1.807, 2.05) is 36.5 Å². The summed E-state index contributed by atoms with van der Waals surface area (Å²) >= 11 is 0. The average molecular weight is 240 g/mol. The van der Waals surface area contributed by atoms with Crippen LogP contribution in [0.1, 0.15) is 12.5 Å². The van der Waals surface area contributed by atoms with Gasteiger partial charge in [-0.15, -0.1) is 0 Å². The van der Waals surface area contributed by atoms with Gasteiger partial charge in [-0.2, -0.15) is 5.26 Å². The predicted molar refractivity (Wildman–Crippen MR) is 68.5 cm³/mol. The SMILES string of the molecule is CCOC(=O)/C(C#N)=C\c1cccc2[nH]ccc12. The Hall–Kier alpha value is -2.54. The van der Waals surface area contributed by atoms with Gasteiger partial charge in [-0.1, -0.05) is 12.1 Å². The van der Waals surface area contributed by atoms with E-state index in [9.17, 15) is 4.79 Å². The summed E-state index contributed by atoms with van der Waals surface area (Å²) in [5.41, 5.74) is 1.79. The molecule has 2 rings (SSSR count). The molecule has 2 aromatic rings. The molecule has 4 heteroatoms. The number of fused-ring (bicyclic) bond motifs is 1. The van der Waals surface area contributed by atoms with Crippen molar-refractivity contribution in [2.45, 2.75) is 6.92 Å². The fraction of sp³-hybridized carbons (Fsp3) is 0.143. The van der Waals surface area contributed by atoms with Crippen LogP contribution < -0.4 is 0 Å². The molecule has 0 atom stereocenters. The number of benzene rings is 1. The lowest BCUT2D eigenvalue weighted by Gasteiger charge is -2.01. The molecule has 0 aliphatic carbocycles. The minimum atomic E-state index is -0.590. The number of ether oxygens (including phenoxy) is 1. The molecule has 0 spiro atoms. The van der Waals surface area contributed by atoms with Crippen molar-refractivity contribution >= 4 is 22.9 Å². The Morgan fingerprint density at radius 1 is 1.50 bits per heavy atom. The second kappa shape index (κ2) is 5.19. The molecule has 90 valence electrons. The Morgan fingerprint density at radius 2 is 2.33 bits per heavy atom. The third-order valence-electron chi connectivity index (χ3n) is 2.54. The van der Waals surface area contributed by atoms with Crippen LogP contribution in [0.3, 0.4) is 0 Å². The third-order valence-corrected chi connectivity index (χ3v) is 2.54. The van der Waals surface area contributed by atoms with E-state index in [1.165, 1.54) is 0 Å². The van der Waals surface area contributed by atoms with Crippen molar-refractivity contribution in [1.29, 1.82) is 5.26 Å². The van der Waals surface area contributed by atoms with Crippen LogP contribution in [0.25, 0.3) is 17.0 Å². The number of nitrogens with zero attached hydrogens (tertiary/aromatic N) is 1. The maximum atomic E-state index is 11.5. The summed E-state index contributed by atoms with van der Waals surface area (Å²) in [7, 11) is 0. The van der Waals surface area contributed by atoms with Crippen LogP contribution in [-0.2, 0) is 9.53 Å². The van der Waals surface area contributed by atoms with Crippen LogP contribution in [0.4, 0.5) is 0 Å². The minimum Gasteiger partial charge on any atom is -0.462 e. The maximum Gasteiger partial charge on any atom is 0.348 e. The first-order chi connectivity index (χ1) is 8.76. The zero-order chi connectivity index (χ0) is 13.0. The van der Waals surface area contributed by atoms with Crippen LogP contribution in [0.15, 0.2) is 36.0 Å². The first-order valence-electron chi connectivity index (χ1n) is 5.61. The van der Waals surface area contributed by atoms with E-state index in [-0.39, 0.29) is 12.2 Å². The van der Waals surface area contributed by atoms with Gasteiger partial charge in [-0.05, 0) is 30.7 Å². The van der Waals surface area contributed by atoms with E-state index in [2.05, 4.69) is 4.98 Å². The van der Waals surface area contributed by atoms with E-state index >= 15 is 0 Å². The Morgan fingerprint density at radius 3 is 3.06 bits per heavy atom. The summed E-state index contributed by atoms with van der Waals surface area (Å²) in [6.07, 6.45) is 3.37. The van der Waals surface area contributed by atoms with Gasteiger partial charge in [0.15, 0.2) is 0 Å². The molecule has 0 radical (unpaired) electrons. The van der Waals surface area contributed by atoms with Crippen LogP contribution in [0, 0.1) is 11.3 Å². The molecule has 0 aliphatic heterocycles.